The molecule has 2 aromatic carbocycles. The first-order valence-electron chi connectivity index (χ1n) is 12.8. The van der Waals surface area contributed by atoms with E-state index in [1.807, 2.05) is 19.1 Å². The lowest BCUT2D eigenvalue weighted by Gasteiger charge is -2.42. The first-order valence-corrected chi connectivity index (χ1v) is 12.8. The number of halogens is 2. The first kappa shape index (κ1) is 23.3. The van der Waals surface area contributed by atoms with E-state index in [1.54, 1.807) is 24.3 Å². The minimum absolute atomic E-state index is 0.0491. The van der Waals surface area contributed by atoms with Gasteiger partial charge in [0.15, 0.2) is 11.6 Å². The summed E-state index contributed by atoms with van der Waals surface area (Å²) in [7, 11) is 0. The topological polar surface area (TPSA) is 9.23 Å². The molecule has 2 fully saturated rings. The van der Waals surface area contributed by atoms with Gasteiger partial charge in [0.05, 0.1) is 5.39 Å². The minimum atomic E-state index is -0.596. The van der Waals surface area contributed by atoms with Crippen LogP contribution in [0.15, 0.2) is 36.4 Å². The summed E-state index contributed by atoms with van der Waals surface area (Å²) in [5, 5.41) is 0.686. The maximum Gasteiger partial charge on any atom is 0.175 e. The molecule has 0 aliphatic heterocycles. The third-order valence-corrected chi connectivity index (χ3v) is 7.97. The Morgan fingerprint density at radius 1 is 1.00 bits per heavy atom. The molecule has 2 aliphatic carbocycles. The zero-order valence-electron chi connectivity index (χ0n) is 19.7. The lowest BCUT2D eigenvalue weighted by Crippen LogP contribution is -2.30. The molecule has 0 aromatic heterocycles. The Balaban J connectivity index is 1.45. The van der Waals surface area contributed by atoms with Crippen molar-refractivity contribution in [1.82, 2.24) is 0 Å². The number of fused-ring (bicyclic) bond motifs is 2. The van der Waals surface area contributed by atoms with Gasteiger partial charge in [0.2, 0.25) is 0 Å². The van der Waals surface area contributed by atoms with Gasteiger partial charge in [-0.3, -0.25) is 0 Å². The van der Waals surface area contributed by atoms with Crippen LogP contribution in [0.4, 0.5) is 8.78 Å². The van der Waals surface area contributed by atoms with Crippen LogP contribution < -0.4 is 4.74 Å². The van der Waals surface area contributed by atoms with Gasteiger partial charge >= 0.3 is 0 Å². The molecule has 174 valence electrons. The van der Waals surface area contributed by atoms with Crippen molar-refractivity contribution in [2.75, 3.05) is 6.61 Å². The Bertz CT molecular complexity index is 934. The molecule has 1 nitrogen and oxygen atoms in total. The molecule has 2 saturated carbocycles. The van der Waals surface area contributed by atoms with Crippen LogP contribution >= 0.6 is 0 Å². The third-order valence-electron chi connectivity index (χ3n) is 7.97. The number of ether oxygens (including phenoxy) is 1. The average Bonchev–Trinajstić information content (AvgIpc) is 2.80. The van der Waals surface area contributed by atoms with Gasteiger partial charge < -0.3 is 4.74 Å². The maximum absolute atomic E-state index is 15.1. The predicted molar refractivity (Wildman–Crippen MR) is 129 cm³/mol. The monoisotopic (exact) mass is 440 g/mol. The van der Waals surface area contributed by atoms with Crippen LogP contribution in [0.2, 0.25) is 0 Å². The van der Waals surface area contributed by atoms with Gasteiger partial charge in [0.25, 0.3) is 0 Å². The molecule has 0 bridgehead atoms. The van der Waals surface area contributed by atoms with E-state index in [0.717, 1.165) is 36.2 Å². The number of unbranched alkanes of at least 4 members (excludes halogenated alkanes) is 2. The van der Waals surface area contributed by atoms with Crippen molar-refractivity contribution in [3.8, 4) is 5.75 Å². The van der Waals surface area contributed by atoms with Crippen molar-refractivity contribution in [1.29, 1.82) is 0 Å². The molecule has 2 aromatic rings. The van der Waals surface area contributed by atoms with E-state index in [9.17, 15) is 4.39 Å². The van der Waals surface area contributed by atoms with Gasteiger partial charge in [0.1, 0.15) is 12.4 Å². The summed E-state index contributed by atoms with van der Waals surface area (Å²) >= 11 is 0. The molecular formula is C29H38F2O. The standard InChI is InChI=1S/C29H38F2O/c1-3-5-7-8-20-9-10-22-17-23(12-11-21(22)16-20)25-18-24-13-14-27(32-15-6-4-2)29(31)28(24)26(30)19-25/h4,6,13-14,18-23H,3,5,7-12,15-17H2,1-2H3/b6-4+/t20?,21-,22?,23-/m1/s1. The zero-order chi connectivity index (χ0) is 22.5. The van der Waals surface area contributed by atoms with Crippen LogP contribution in [0.25, 0.3) is 10.8 Å². The molecule has 0 heterocycles. The molecule has 0 radical (unpaired) electrons. The number of hydrogen-bond donors (Lipinski definition) is 0. The van der Waals surface area contributed by atoms with E-state index in [2.05, 4.69) is 6.92 Å². The molecule has 3 heteroatoms. The molecule has 0 saturated heterocycles. The average molecular weight is 441 g/mol. The lowest BCUT2D eigenvalue weighted by atomic mass is 9.63. The third kappa shape index (κ3) is 5.18. The highest BCUT2D eigenvalue weighted by Gasteiger charge is 2.36. The Labute approximate surface area is 192 Å². The molecule has 0 N–H and O–H groups in total. The van der Waals surface area contributed by atoms with Crippen LogP contribution in [0.5, 0.6) is 5.75 Å². The summed E-state index contributed by atoms with van der Waals surface area (Å²) in [6, 6.07) is 7.02. The van der Waals surface area contributed by atoms with Gasteiger partial charge in [-0.15, -0.1) is 0 Å². The van der Waals surface area contributed by atoms with E-state index in [0.29, 0.717) is 11.3 Å². The van der Waals surface area contributed by atoms with Crippen molar-refractivity contribution in [3.05, 3.63) is 53.6 Å². The van der Waals surface area contributed by atoms with Crippen molar-refractivity contribution in [2.45, 2.75) is 84.0 Å². The fourth-order valence-corrected chi connectivity index (χ4v) is 6.19. The van der Waals surface area contributed by atoms with Crippen molar-refractivity contribution in [2.24, 2.45) is 17.8 Å². The number of allylic oxidation sites excluding steroid dienone is 1. The highest BCUT2D eigenvalue weighted by Crippen LogP contribution is 2.49. The summed E-state index contributed by atoms with van der Waals surface area (Å²) in [5.74, 6) is 1.98. The van der Waals surface area contributed by atoms with E-state index >= 15 is 4.39 Å². The smallest absolute Gasteiger partial charge is 0.175 e. The van der Waals surface area contributed by atoms with E-state index in [1.165, 1.54) is 51.4 Å². The second-order valence-corrected chi connectivity index (χ2v) is 10.1. The normalized spacial score (nSPS) is 25.9. The quantitative estimate of drug-likeness (QED) is 0.294. The number of benzene rings is 2. The van der Waals surface area contributed by atoms with Gasteiger partial charge in [0, 0.05) is 0 Å². The first-order chi connectivity index (χ1) is 15.6. The van der Waals surface area contributed by atoms with E-state index < -0.39 is 11.6 Å². The largest absolute Gasteiger partial charge is 0.486 e. The Kier molecular flexibility index (Phi) is 7.86. The summed E-state index contributed by atoms with van der Waals surface area (Å²) in [5.41, 5.74) is 1.04. The van der Waals surface area contributed by atoms with Gasteiger partial charge in [-0.2, -0.15) is 0 Å². The van der Waals surface area contributed by atoms with Crippen molar-refractivity contribution < 1.29 is 13.5 Å². The summed E-state index contributed by atoms with van der Waals surface area (Å²) < 4.78 is 35.4. The molecule has 2 unspecified atom stereocenters. The van der Waals surface area contributed by atoms with Gasteiger partial charge in [-0.05, 0) is 85.8 Å². The molecule has 0 spiro atoms. The second-order valence-electron chi connectivity index (χ2n) is 10.1. The molecule has 4 rings (SSSR count). The highest BCUT2D eigenvalue weighted by atomic mass is 19.1. The zero-order valence-corrected chi connectivity index (χ0v) is 19.7. The highest BCUT2D eigenvalue weighted by molar-refractivity contribution is 5.86. The van der Waals surface area contributed by atoms with Crippen molar-refractivity contribution >= 4 is 10.8 Å². The number of hydrogen-bond acceptors (Lipinski definition) is 1. The fourth-order valence-electron chi connectivity index (χ4n) is 6.19. The summed E-state index contributed by atoms with van der Waals surface area (Å²) in [4.78, 5) is 0. The number of rotatable bonds is 8. The van der Waals surface area contributed by atoms with E-state index in [4.69, 9.17) is 4.74 Å². The molecule has 4 atom stereocenters. The molecular weight excluding hydrogens is 402 g/mol. The van der Waals surface area contributed by atoms with Crippen LogP contribution in [0.3, 0.4) is 0 Å². The molecule has 0 amide bonds. The second kappa shape index (κ2) is 10.8. The summed E-state index contributed by atoms with van der Waals surface area (Å²) in [6.07, 6.45) is 16.7. The van der Waals surface area contributed by atoms with Crippen LogP contribution in [-0.4, -0.2) is 6.61 Å². The maximum atomic E-state index is 15.1. The molecule has 2 aliphatic rings. The Morgan fingerprint density at radius 3 is 2.62 bits per heavy atom. The summed E-state index contributed by atoms with van der Waals surface area (Å²) in [6.45, 7) is 4.44. The molecule has 32 heavy (non-hydrogen) atoms. The minimum Gasteiger partial charge on any atom is -0.486 e. The predicted octanol–water partition coefficient (Wildman–Crippen LogP) is 8.95. The van der Waals surface area contributed by atoms with E-state index in [-0.39, 0.29) is 17.7 Å². The Hall–Kier alpha value is -1.90. The van der Waals surface area contributed by atoms with Crippen LogP contribution in [-0.2, 0) is 0 Å². The van der Waals surface area contributed by atoms with Crippen LogP contribution in [0.1, 0.15) is 89.5 Å². The SMILES string of the molecule is C/C=C/COc1ccc2cc([C@@H]3CC[C@@H]4CC(CCCCC)CCC4C3)cc(F)c2c1F. The van der Waals surface area contributed by atoms with Crippen LogP contribution in [0, 0.1) is 29.4 Å². The lowest BCUT2D eigenvalue weighted by molar-refractivity contribution is 0.113. The Morgan fingerprint density at radius 2 is 1.81 bits per heavy atom. The fraction of sp³-hybridized carbons (Fsp3) is 0.586. The van der Waals surface area contributed by atoms with Crippen molar-refractivity contribution in [3.63, 3.8) is 0 Å². The van der Waals surface area contributed by atoms with Gasteiger partial charge in [-0.25, -0.2) is 8.78 Å². The van der Waals surface area contributed by atoms with Gasteiger partial charge in [-0.1, -0.05) is 63.3 Å².